The third kappa shape index (κ3) is 2.89. The zero-order valence-electron chi connectivity index (χ0n) is 10.4. The van der Waals surface area contributed by atoms with E-state index in [2.05, 4.69) is 10.4 Å². The summed E-state index contributed by atoms with van der Waals surface area (Å²) in [4.78, 5) is 0. The van der Waals surface area contributed by atoms with Crippen LogP contribution >= 0.6 is 11.6 Å². The average molecular weight is 268 g/mol. The number of benzene rings is 1. The lowest BCUT2D eigenvalue weighted by Gasteiger charge is -2.06. The van der Waals surface area contributed by atoms with Gasteiger partial charge in [-0.2, -0.15) is 5.10 Å². The van der Waals surface area contributed by atoms with Crippen LogP contribution in [0.2, 0.25) is 5.02 Å². The predicted octanol–water partition coefficient (Wildman–Crippen LogP) is 2.81. The number of aryl methyl sites for hydroxylation is 2. The van der Waals surface area contributed by atoms with E-state index in [1.807, 2.05) is 26.2 Å². The first-order valence-electron chi connectivity index (χ1n) is 5.70. The molecule has 96 valence electrons. The summed E-state index contributed by atoms with van der Waals surface area (Å²) in [5, 5.41) is 7.68. The van der Waals surface area contributed by atoms with Crippen molar-refractivity contribution in [2.24, 2.45) is 7.05 Å². The Morgan fingerprint density at radius 1 is 1.33 bits per heavy atom. The summed E-state index contributed by atoms with van der Waals surface area (Å²) < 4.78 is 15.0. The smallest absolute Gasteiger partial charge is 0.142 e. The van der Waals surface area contributed by atoms with Gasteiger partial charge < -0.3 is 5.32 Å². The van der Waals surface area contributed by atoms with Crippen molar-refractivity contribution in [3.8, 4) is 0 Å². The van der Waals surface area contributed by atoms with Crippen LogP contribution in [0.4, 0.5) is 4.39 Å². The van der Waals surface area contributed by atoms with Crippen molar-refractivity contribution in [3.05, 3.63) is 52.1 Å². The zero-order chi connectivity index (χ0) is 13.1. The Labute approximate surface area is 111 Å². The predicted molar refractivity (Wildman–Crippen MR) is 69.9 cm³/mol. The van der Waals surface area contributed by atoms with Crippen molar-refractivity contribution >= 4 is 11.6 Å². The van der Waals surface area contributed by atoms with Gasteiger partial charge in [-0.15, -0.1) is 0 Å². The number of nitrogens with zero attached hydrogens (tertiary/aromatic N) is 2. The lowest BCUT2D eigenvalue weighted by atomic mass is 10.2. The second-order valence-corrected chi connectivity index (χ2v) is 4.61. The van der Waals surface area contributed by atoms with Crippen LogP contribution < -0.4 is 5.32 Å². The number of rotatable bonds is 4. The molecule has 18 heavy (non-hydrogen) atoms. The summed E-state index contributed by atoms with van der Waals surface area (Å²) >= 11 is 5.88. The molecule has 0 aliphatic rings. The molecule has 0 unspecified atom stereocenters. The molecule has 0 saturated carbocycles. The van der Waals surface area contributed by atoms with Crippen molar-refractivity contribution in [1.82, 2.24) is 15.1 Å². The highest BCUT2D eigenvalue weighted by atomic mass is 35.5. The first kappa shape index (κ1) is 13.1. The molecular weight excluding hydrogens is 253 g/mol. The molecule has 2 rings (SSSR count). The lowest BCUT2D eigenvalue weighted by molar-refractivity contribution is 0.620. The fourth-order valence-electron chi connectivity index (χ4n) is 1.84. The van der Waals surface area contributed by atoms with E-state index < -0.39 is 0 Å². The molecule has 1 aromatic carbocycles. The maximum absolute atomic E-state index is 13.2. The van der Waals surface area contributed by atoms with Crippen LogP contribution in [0.5, 0.6) is 0 Å². The highest BCUT2D eigenvalue weighted by molar-refractivity contribution is 6.31. The van der Waals surface area contributed by atoms with Crippen LogP contribution in [0.15, 0.2) is 24.4 Å². The van der Waals surface area contributed by atoms with Crippen molar-refractivity contribution in [3.63, 3.8) is 0 Å². The van der Waals surface area contributed by atoms with Gasteiger partial charge in [-0.1, -0.05) is 23.7 Å². The largest absolute Gasteiger partial charge is 0.308 e. The van der Waals surface area contributed by atoms with Gasteiger partial charge in [-0.05, 0) is 18.6 Å². The second-order valence-electron chi connectivity index (χ2n) is 4.23. The van der Waals surface area contributed by atoms with Gasteiger partial charge >= 0.3 is 0 Å². The van der Waals surface area contributed by atoms with Crippen LogP contribution in [0.3, 0.4) is 0 Å². The average Bonchev–Trinajstić information content (AvgIpc) is 2.63. The number of halogens is 2. The summed E-state index contributed by atoms with van der Waals surface area (Å²) in [5.74, 6) is -0.381. The highest BCUT2D eigenvalue weighted by Gasteiger charge is 2.06. The number of hydrogen-bond acceptors (Lipinski definition) is 2. The van der Waals surface area contributed by atoms with E-state index in [4.69, 9.17) is 11.6 Å². The minimum absolute atomic E-state index is 0.188. The van der Waals surface area contributed by atoms with E-state index in [0.717, 1.165) is 16.8 Å². The molecule has 5 heteroatoms. The maximum atomic E-state index is 13.2. The normalized spacial score (nSPS) is 10.9. The van der Waals surface area contributed by atoms with E-state index >= 15 is 0 Å². The standard InChI is InChI=1S/C13H15ClFN3/c1-9-11(8-18(2)17-9)7-16-6-10-4-3-5-12(15)13(10)14/h3-5,8,16H,6-7H2,1-2H3. The third-order valence-corrected chi connectivity index (χ3v) is 3.20. The molecule has 0 radical (unpaired) electrons. The Hall–Kier alpha value is -1.39. The second kappa shape index (κ2) is 5.50. The number of aromatic nitrogens is 2. The molecule has 2 aromatic rings. The van der Waals surface area contributed by atoms with Gasteiger partial charge in [0.2, 0.25) is 0 Å². The van der Waals surface area contributed by atoms with E-state index in [9.17, 15) is 4.39 Å². The monoisotopic (exact) mass is 267 g/mol. The molecule has 1 N–H and O–H groups in total. The molecule has 0 bridgehead atoms. The molecule has 0 saturated heterocycles. The molecule has 0 amide bonds. The van der Waals surface area contributed by atoms with Crippen molar-refractivity contribution in [2.75, 3.05) is 0 Å². The summed E-state index contributed by atoms with van der Waals surface area (Å²) in [6.07, 6.45) is 1.97. The maximum Gasteiger partial charge on any atom is 0.142 e. The fraction of sp³-hybridized carbons (Fsp3) is 0.308. The Morgan fingerprint density at radius 3 is 2.72 bits per heavy atom. The van der Waals surface area contributed by atoms with Crippen LogP contribution in [-0.2, 0) is 20.1 Å². The van der Waals surface area contributed by atoms with Crippen LogP contribution in [0.25, 0.3) is 0 Å². The summed E-state index contributed by atoms with van der Waals surface area (Å²) in [6.45, 7) is 3.18. The Kier molecular flexibility index (Phi) is 3.99. The Morgan fingerprint density at radius 2 is 2.06 bits per heavy atom. The van der Waals surface area contributed by atoms with E-state index in [-0.39, 0.29) is 10.8 Å². The highest BCUT2D eigenvalue weighted by Crippen LogP contribution is 2.19. The third-order valence-electron chi connectivity index (χ3n) is 2.78. The summed E-state index contributed by atoms with van der Waals surface area (Å²) in [7, 11) is 1.89. The summed E-state index contributed by atoms with van der Waals surface area (Å²) in [5.41, 5.74) is 2.89. The lowest BCUT2D eigenvalue weighted by Crippen LogP contribution is -2.13. The SMILES string of the molecule is Cc1nn(C)cc1CNCc1cccc(F)c1Cl. The molecule has 0 aliphatic heterocycles. The van der Waals surface area contributed by atoms with Crippen LogP contribution in [0.1, 0.15) is 16.8 Å². The number of hydrogen-bond donors (Lipinski definition) is 1. The Bertz CT molecular complexity index is 551. The summed E-state index contributed by atoms with van der Waals surface area (Å²) in [6, 6.07) is 4.83. The van der Waals surface area contributed by atoms with Gasteiger partial charge in [0.05, 0.1) is 10.7 Å². The molecule has 0 spiro atoms. The molecular formula is C13H15ClFN3. The van der Waals surface area contributed by atoms with Gasteiger partial charge in [0.15, 0.2) is 0 Å². The van der Waals surface area contributed by atoms with E-state index in [1.165, 1.54) is 6.07 Å². The van der Waals surface area contributed by atoms with Crippen molar-refractivity contribution in [1.29, 1.82) is 0 Å². The van der Waals surface area contributed by atoms with Gasteiger partial charge in [0.25, 0.3) is 0 Å². The van der Waals surface area contributed by atoms with E-state index in [0.29, 0.717) is 13.1 Å². The molecule has 0 atom stereocenters. The first-order chi connectivity index (χ1) is 8.58. The minimum atomic E-state index is -0.381. The molecule has 0 aliphatic carbocycles. The first-order valence-corrected chi connectivity index (χ1v) is 6.08. The Balaban J connectivity index is 1.96. The molecule has 3 nitrogen and oxygen atoms in total. The fourth-order valence-corrected chi connectivity index (χ4v) is 2.03. The van der Waals surface area contributed by atoms with Gasteiger partial charge in [0, 0.05) is 31.9 Å². The zero-order valence-corrected chi connectivity index (χ0v) is 11.1. The van der Waals surface area contributed by atoms with Crippen molar-refractivity contribution < 1.29 is 4.39 Å². The number of nitrogens with one attached hydrogen (secondary N) is 1. The quantitative estimate of drug-likeness (QED) is 0.923. The molecule has 1 aromatic heterocycles. The molecule has 0 fully saturated rings. The molecule has 1 heterocycles. The van der Waals surface area contributed by atoms with Crippen LogP contribution in [-0.4, -0.2) is 9.78 Å². The van der Waals surface area contributed by atoms with Gasteiger partial charge in [-0.3, -0.25) is 4.68 Å². The van der Waals surface area contributed by atoms with E-state index in [1.54, 1.807) is 10.7 Å². The van der Waals surface area contributed by atoms with Crippen molar-refractivity contribution in [2.45, 2.75) is 20.0 Å². The van der Waals surface area contributed by atoms with Gasteiger partial charge in [-0.25, -0.2) is 4.39 Å². The minimum Gasteiger partial charge on any atom is -0.308 e. The topological polar surface area (TPSA) is 29.9 Å². The van der Waals surface area contributed by atoms with Gasteiger partial charge in [0.1, 0.15) is 5.82 Å². The van der Waals surface area contributed by atoms with Crippen LogP contribution in [0, 0.1) is 12.7 Å².